The molecule has 0 radical (unpaired) electrons. The SMILES string of the molecule is CCC1/C=C(\C)CC(C)CC(OC)C2OC(O)(C(=O)C(=O)N3CCCCC3C(=O)OC(C(C)=CC3CCC(OCC(=O)c4cc(Cl)cc(OC)c4)C(OC)C3)C(C)C(O)CC1=O)C(C)CC2OC. The maximum Gasteiger partial charge on any atom is 0.329 e. The molecule has 0 aromatic heterocycles. The molecule has 2 N–H and O–H groups in total. The van der Waals surface area contributed by atoms with Crippen LogP contribution >= 0.6 is 11.6 Å². The first kappa shape index (κ1) is 55.4. The average molecular weight is 975 g/mol. The van der Waals surface area contributed by atoms with Gasteiger partial charge >= 0.3 is 5.97 Å². The van der Waals surface area contributed by atoms with Gasteiger partial charge in [0.05, 0.1) is 37.6 Å². The summed E-state index contributed by atoms with van der Waals surface area (Å²) in [5, 5.41) is 24.3. The van der Waals surface area contributed by atoms with Crippen LogP contribution in [0.15, 0.2) is 41.5 Å². The molecule has 1 amide bonds. The van der Waals surface area contributed by atoms with E-state index >= 15 is 0 Å². The molecule has 4 aliphatic rings. The summed E-state index contributed by atoms with van der Waals surface area (Å²) in [5.74, 6) is -7.63. The number of hydrogen-bond acceptors (Lipinski definition) is 14. The zero-order chi connectivity index (χ0) is 50.0. The van der Waals surface area contributed by atoms with Crippen molar-refractivity contribution >= 4 is 40.8 Å². The normalized spacial score (nSPS) is 36.2. The van der Waals surface area contributed by atoms with E-state index < -0.39 is 77.8 Å². The molecule has 1 aromatic rings. The van der Waals surface area contributed by atoms with Gasteiger partial charge in [0.25, 0.3) is 11.7 Å². The number of nitrogens with zero attached hydrogens (tertiary/aromatic N) is 1. The number of rotatable bonds is 11. The number of aliphatic hydroxyl groups is 2. The first-order valence-electron chi connectivity index (χ1n) is 24.4. The molecule has 1 aliphatic carbocycles. The molecule has 3 fully saturated rings. The van der Waals surface area contributed by atoms with Crippen molar-refractivity contribution in [2.24, 2.45) is 29.6 Å². The van der Waals surface area contributed by atoms with E-state index in [2.05, 4.69) is 0 Å². The minimum atomic E-state index is -2.53. The molecule has 0 spiro atoms. The van der Waals surface area contributed by atoms with Gasteiger partial charge < -0.3 is 48.3 Å². The molecule has 5 rings (SSSR count). The Morgan fingerprint density at radius 2 is 1.60 bits per heavy atom. The Morgan fingerprint density at radius 1 is 0.912 bits per heavy atom. The number of esters is 1. The van der Waals surface area contributed by atoms with E-state index in [0.29, 0.717) is 73.3 Å². The van der Waals surface area contributed by atoms with Crippen LogP contribution in [0.5, 0.6) is 5.75 Å². The van der Waals surface area contributed by atoms with Crippen molar-refractivity contribution in [3.8, 4) is 5.75 Å². The minimum Gasteiger partial charge on any atom is -0.497 e. The number of halogens is 1. The van der Waals surface area contributed by atoms with Crippen molar-refractivity contribution in [1.82, 2.24) is 4.90 Å². The highest BCUT2D eigenvalue weighted by Gasteiger charge is 2.56. The fourth-order valence-electron chi connectivity index (χ4n) is 10.7. The summed E-state index contributed by atoms with van der Waals surface area (Å²) >= 11 is 6.20. The molecule has 14 unspecified atom stereocenters. The number of aliphatic hydroxyl groups excluding tert-OH is 1. The fourth-order valence-corrected chi connectivity index (χ4v) is 10.9. The molecule has 3 heterocycles. The lowest BCUT2D eigenvalue weighted by atomic mass is 9.81. The number of carbonyl (C=O) groups is 5. The van der Waals surface area contributed by atoms with Crippen LogP contribution < -0.4 is 4.74 Å². The summed E-state index contributed by atoms with van der Waals surface area (Å²) in [4.78, 5) is 71.6. The highest BCUT2D eigenvalue weighted by atomic mass is 35.5. The number of ether oxygens (including phenoxy) is 7. The second kappa shape index (κ2) is 25.0. The number of carbonyl (C=O) groups excluding carboxylic acids is 5. The lowest BCUT2D eigenvalue weighted by Crippen LogP contribution is -2.64. The number of fused-ring (bicyclic) bond motifs is 3. The molecule has 16 heteroatoms. The van der Waals surface area contributed by atoms with E-state index in [9.17, 15) is 34.2 Å². The third-order valence-electron chi connectivity index (χ3n) is 14.7. The summed E-state index contributed by atoms with van der Waals surface area (Å²) in [7, 11) is 6.14. The predicted molar refractivity (Wildman–Crippen MR) is 254 cm³/mol. The number of piperidine rings is 1. The van der Waals surface area contributed by atoms with E-state index in [1.807, 2.05) is 39.8 Å². The number of methoxy groups -OCH3 is 4. The van der Waals surface area contributed by atoms with Crippen LogP contribution in [0.2, 0.25) is 5.02 Å². The van der Waals surface area contributed by atoms with E-state index in [4.69, 9.17) is 44.8 Å². The van der Waals surface area contributed by atoms with Crippen molar-refractivity contribution in [2.45, 2.75) is 167 Å². The number of cyclic esters (lactones) is 1. The van der Waals surface area contributed by atoms with Gasteiger partial charge in [-0.1, -0.05) is 57.0 Å². The van der Waals surface area contributed by atoms with Crippen LogP contribution in [-0.4, -0.2) is 140 Å². The quantitative estimate of drug-likeness (QED) is 0.0993. The first-order valence-corrected chi connectivity index (χ1v) is 24.8. The van der Waals surface area contributed by atoms with E-state index in [1.165, 1.54) is 26.2 Å². The van der Waals surface area contributed by atoms with Crippen molar-refractivity contribution in [3.63, 3.8) is 0 Å². The van der Waals surface area contributed by atoms with Gasteiger partial charge in [-0.15, -0.1) is 0 Å². The summed E-state index contributed by atoms with van der Waals surface area (Å²) in [5.41, 5.74) is 1.98. The number of amides is 1. The van der Waals surface area contributed by atoms with Crippen LogP contribution in [0.1, 0.15) is 123 Å². The zero-order valence-corrected chi connectivity index (χ0v) is 42.5. The first-order chi connectivity index (χ1) is 32.3. The smallest absolute Gasteiger partial charge is 0.329 e. The Balaban J connectivity index is 1.44. The number of hydrogen-bond donors (Lipinski definition) is 2. The summed E-state index contributed by atoms with van der Waals surface area (Å²) in [6.07, 6.45) is 3.46. The zero-order valence-electron chi connectivity index (χ0n) is 41.7. The van der Waals surface area contributed by atoms with Crippen molar-refractivity contribution in [2.75, 3.05) is 41.6 Å². The van der Waals surface area contributed by atoms with Gasteiger partial charge in [0, 0.05) is 62.6 Å². The third kappa shape index (κ3) is 13.4. The standard InChI is InChI=1S/C52H76ClNO14/c1-11-35-19-29(2)18-30(3)20-45(64-9)48-46(65-10)22-32(5)52(61,68-48)49(58)50(59)54-17-13-12-14-39(54)51(60)67-47(33(6)40(55)27-41(35)56)31(4)21-34-15-16-43(44(23-34)63-8)66-28-42(57)36-24-37(53)26-38(25-36)62-7/h19,21,24-26,30,32-35,39-40,43-48,55,61H,11-18,20,22-23,27-28H2,1-10H3/b29-19+,31-21?. The van der Waals surface area contributed by atoms with Gasteiger partial charge in [0.15, 0.2) is 5.78 Å². The van der Waals surface area contributed by atoms with Gasteiger partial charge in [0.2, 0.25) is 5.79 Å². The largest absolute Gasteiger partial charge is 0.497 e. The molecule has 3 aliphatic heterocycles. The number of benzene rings is 1. The monoisotopic (exact) mass is 973 g/mol. The van der Waals surface area contributed by atoms with Crippen molar-refractivity contribution in [1.29, 1.82) is 0 Å². The van der Waals surface area contributed by atoms with Gasteiger partial charge in [0.1, 0.15) is 36.4 Å². The Kier molecular flexibility index (Phi) is 20.4. The topological polar surface area (TPSA) is 194 Å². The van der Waals surface area contributed by atoms with Crippen molar-refractivity contribution in [3.05, 3.63) is 52.1 Å². The fraction of sp³-hybridized carbons (Fsp3) is 0.712. The van der Waals surface area contributed by atoms with Gasteiger partial charge in [-0.25, -0.2) is 4.79 Å². The van der Waals surface area contributed by atoms with Gasteiger partial charge in [-0.2, -0.15) is 0 Å². The van der Waals surface area contributed by atoms with Gasteiger partial charge in [-0.3, -0.25) is 19.2 Å². The summed E-state index contributed by atoms with van der Waals surface area (Å²) in [6, 6.07) is 3.62. The van der Waals surface area contributed by atoms with Crippen LogP contribution in [0.3, 0.4) is 0 Å². The van der Waals surface area contributed by atoms with E-state index in [1.54, 1.807) is 39.2 Å². The summed E-state index contributed by atoms with van der Waals surface area (Å²) < 4.78 is 41.7. The number of ketones is 3. The minimum absolute atomic E-state index is 0.0120. The van der Waals surface area contributed by atoms with E-state index in [0.717, 1.165) is 5.57 Å². The molecular weight excluding hydrogens is 898 g/mol. The Labute approximate surface area is 407 Å². The third-order valence-corrected chi connectivity index (χ3v) is 14.9. The predicted octanol–water partition coefficient (Wildman–Crippen LogP) is 7.04. The highest BCUT2D eigenvalue weighted by molar-refractivity contribution is 6.39. The Bertz CT molecular complexity index is 1990. The molecule has 68 heavy (non-hydrogen) atoms. The molecule has 2 saturated heterocycles. The van der Waals surface area contributed by atoms with Crippen LogP contribution in [0.4, 0.5) is 0 Å². The average Bonchev–Trinajstić information content (AvgIpc) is 3.32. The van der Waals surface area contributed by atoms with Crippen LogP contribution in [0, 0.1) is 29.6 Å². The Morgan fingerprint density at radius 3 is 2.26 bits per heavy atom. The van der Waals surface area contributed by atoms with Gasteiger partial charge in [-0.05, 0) is 114 Å². The van der Waals surface area contributed by atoms with E-state index in [-0.39, 0.29) is 68.0 Å². The molecule has 15 nitrogen and oxygen atoms in total. The molecule has 1 aromatic carbocycles. The van der Waals surface area contributed by atoms with Crippen LogP contribution in [-0.2, 0) is 47.6 Å². The second-order valence-corrected chi connectivity index (χ2v) is 20.2. The molecule has 1 saturated carbocycles. The second-order valence-electron chi connectivity index (χ2n) is 19.7. The lowest BCUT2D eigenvalue weighted by molar-refractivity contribution is -0.302. The Hall–Kier alpha value is -3.54. The number of Topliss-reactive ketones (excluding diaryl/α,β-unsaturated/α-hetero) is 3. The molecule has 14 atom stereocenters. The molecular formula is C52H76ClNO14. The van der Waals surface area contributed by atoms with Crippen LogP contribution in [0.25, 0.3) is 0 Å². The highest BCUT2D eigenvalue weighted by Crippen LogP contribution is 2.39. The maximum absolute atomic E-state index is 14.5. The van der Waals surface area contributed by atoms with Crippen molar-refractivity contribution < 1.29 is 67.3 Å². The molecule has 380 valence electrons. The molecule has 2 bridgehead atoms. The maximum atomic E-state index is 14.5. The summed E-state index contributed by atoms with van der Waals surface area (Å²) in [6.45, 7) is 11.0. The lowest BCUT2D eigenvalue weighted by Gasteiger charge is -2.47. The number of allylic oxidation sites excluding steroid dienone is 3.